The highest BCUT2D eigenvalue weighted by Crippen LogP contribution is 2.16. The second-order valence-electron chi connectivity index (χ2n) is 3.22. The van der Waals surface area contributed by atoms with Crippen LogP contribution in [-0.4, -0.2) is 16.7 Å². The van der Waals surface area contributed by atoms with Crippen LogP contribution in [-0.2, 0) is 4.79 Å². The van der Waals surface area contributed by atoms with Crippen LogP contribution in [0.5, 0.6) is 0 Å². The number of carbonyl (C=O) groups excluding carboxylic acids is 1. The van der Waals surface area contributed by atoms with Gasteiger partial charge in [-0.3, -0.25) is 14.9 Å². The van der Waals surface area contributed by atoms with Crippen molar-refractivity contribution in [1.29, 1.82) is 0 Å². The summed E-state index contributed by atoms with van der Waals surface area (Å²) in [6, 6.07) is -0.912. The second-order valence-corrected chi connectivity index (χ2v) is 3.22. The van der Waals surface area contributed by atoms with Crippen molar-refractivity contribution in [3.63, 3.8) is 0 Å². The number of carbonyl (C=O) groups is 1. The summed E-state index contributed by atoms with van der Waals surface area (Å²) in [5, 5.41) is 10.4. The third-order valence-corrected chi connectivity index (χ3v) is 2.28. The zero-order valence-corrected chi connectivity index (χ0v) is 6.99. The summed E-state index contributed by atoms with van der Waals surface area (Å²) in [6.45, 7) is 0. The van der Waals surface area contributed by atoms with Gasteiger partial charge in [-0.05, 0) is 12.8 Å². The van der Waals surface area contributed by atoms with Crippen LogP contribution in [0.1, 0.15) is 38.5 Å². The molecule has 0 spiro atoms. The van der Waals surface area contributed by atoms with E-state index in [9.17, 15) is 14.9 Å². The lowest BCUT2D eigenvalue weighted by molar-refractivity contribution is -0.508. The monoisotopic (exact) mass is 171 g/mol. The molecular weight excluding hydrogens is 158 g/mol. The Morgan fingerprint density at radius 3 is 2.58 bits per heavy atom. The van der Waals surface area contributed by atoms with Crippen LogP contribution in [0.3, 0.4) is 0 Å². The average molecular weight is 171 g/mol. The number of nitrogens with zero attached hydrogens (tertiary/aromatic N) is 1. The molecule has 1 unspecified atom stereocenters. The minimum atomic E-state index is -0.912. The van der Waals surface area contributed by atoms with Crippen molar-refractivity contribution < 1.29 is 9.72 Å². The first kappa shape index (κ1) is 9.16. The van der Waals surface area contributed by atoms with Crippen LogP contribution in [0.25, 0.3) is 0 Å². The predicted molar refractivity (Wildman–Crippen MR) is 43.5 cm³/mol. The lowest BCUT2D eigenvalue weighted by atomic mass is 9.96. The van der Waals surface area contributed by atoms with Crippen LogP contribution < -0.4 is 0 Å². The Morgan fingerprint density at radius 2 is 1.92 bits per heavy atom. The van der Waals surface area contributed by atoms with E-state index in [1.807, 2.05) is 0 Å². The number of Topliss-reactive ketones (excluding diaryl/α,β-unsaturated/α-hetero) is 1. The lowest BCUT2D eigenvalue weighted by Gasteiger charge is -2.11. The summed E-state index contributed by atoms with van der Waals surface area (Å²) in [6.07, 6.45) is 4.53. The van der Waals surface area contributed by atoms with Crippen molar-refractivity contribution in [3.05, 3.63) is 10.1 Å². The molecule has 0 N–H and O–H groups in total. The molecule has 1 saturated carbocycles. The Morgan fingerprint density at radius 1 is 1.25 bits per heavy atom. The fraction of sp³-hybridized carbons (Fsp3) is 0.875. The topological polar surface area (TPSA) is 60.2 Å². The molecule has 1 rings (SSSR count). The van der Waals surface area contributed by atoms with Crippen LogP contribution in [0.2, 0.25) is 0 Å². The predicted octanol–water partition coefficient (Wildman–Crippen LogP) is 1.55. The molecule has 0 aromatic heterocycles. The Kier molecular flexibility index (Phi) is 3.19. The van der Waals surface area contributed by atoms with E-state index in [1.54, 1.807) is 0 Å². The maximum Gasteiger partial charge on any atom is 0.270 e. The van der Waals surface area contributed by atoms with Gasteiger partial charge in [0.05, 0.1) is 0 Å². The van der Waals surface area contributed by atoms with Gasteiger partial charge in [0.1, 0.15) is 0 Å². The standard InChI is InChI=1S/C8H13NO3/c10-8-6-4-2-1-3-5-7(8)9(11)12/h7H,1-6H2. The second kappa shape index (κ2) is 4.18. The third-order valence-electron chi connectivity index (χ3n) is 2.28. The highest BCUT2D eigenvalue weighted by Gasteiger charge is 2.28. The number of ketones is 1. The van der Waals surface area contributed by atoms with Gasteiger partial charge in [0.25, 0.3) is 6.04 Å². The SMILES string of the molecule is O=C1CCCCCCC1[N+](=O)[O-]. The zero-order chi connectivity index (χ0) is 8.97. The highest BCUT2D eigenvalue weighted by atomic mass is 16.6. The molecule has 1 fully saturated rings. The summed E-state index contributed by atoms with van der Waals surface area (Å²) in [5.74, 6) is -0.181. The van der Waals surface area contributed by atoms with Gasteiger partial charge >= 0.3 is 0 Å². The van der Waals surface area contributed by atoms with Gasteiger partial charge in [0.2, 0.25) is 5.78 Å². The molecule has 0 aliphatic heterocycles. The maximum atomic E-state index is 11.2. The first-order chi connectivity index (χ1) is 5.72. The molecule has 0 amide bonds. The molecule has 1 atom stereocenters. The molecule has 68 valence electrons. The van der Waals surface area contributed by atoms with Gasteiger partial charge in [0, 0.05) is 17.8 Å². The van der Waals surface area contributed by atoms with Crippen molar-refractivity contribution in [3.8, 4) is 0 Å². The van der Waals surface area contributed by atoms with Gasteiger partial charge in [0.15, 0.2) is 0 Å². The van der Waals surface area contributed by atoms with Crippen molar-refractivity contribution in [1.82, 2.24) is 0 Å². The molecule has 12 heavy (non-hydrogen) atoms. The molecule has 0 heterocycles. The van der Waals surface area contributed by atoms with E-state index in [2.05, 4.69) is 0 Å². The maximum absolute atomic E-state index is 11.2. The van der Waals surface area contributed by atoms with Crippen molar-refractivity contribution in [2.45, 2.75) is 44.6 Å². The van der Waals surface area contributed by atoms with Gasteiger partial charge < -0.3 is 0 Å². The summed E-state index contributed by atoms with van der Waals surface area (Å²) >= 11 is 0. The van der Waals surface area contributed by atoms with E-state index >= 15 is 0 Å². The van der Waals surface area contributed by atoms with E-state index < -0.39 is 11.0 Å². The quantitative estimate of drug-likeness (QED) is 0.444. The van der Waals surface area contributed by atoms with Crippen molar-refractivity contribution >= 4 is 5.78 Å². The molecule has 0 aromatic rings. The Labute approximate surface area is 71.1 Å². The molecule has 0 aromatic carbocycles. The van der Waals surface area contributed by atoms with Crippen LogP contribution in [0.4, 0.5) is 0 Å². The minimum absolute atomic E-state index is 0.181. The Hall–Kier alpha value is -0.930. The van der Waals surface area contributed by atoms with E-state index in [-0.39, 0.29) is 5.78 Å². The van der Waals surface area contributed by atoms with Crippen LogP contribution in [0, 0.1) is 10.1 Å². The fourth-order valence-electron chi connectivity index (χ4n) is 1.54. The molecular formula is C8H13NO3. The Balaban J connectivity index is 2.55. The first-order valence-electron chi connectivity index (χ1n) is 4.38. The molecule has 1 aliphatic rings. The first-order valence-corrected chi connectivity index (χ1v) is 4.38. The average Bonchev–Trinajstić information content (AvgIpc) is 1.96. The van der Waals surface area contributed by atoms with Crippen molar-refractivity contribution in [2.24, 2.45) is 0 Å². The van der Waals surface area contributed by atoms with E-state index in [0.29, 0.717) is 12.8 Å². The Bertz CT molecular complexity index is 191. The van der Waals surface area contributed by atoms with Crippen molar-refractivity contribution in [2.75, 3.05) is 0 Å². The van der Waals surface area contributed by atoms with Crippen LogP contribution in [0.15, 0.2) is 0 Å². The molecule has 4 heteroatoms. The number of hydrogen-bond acceptors (Lipinski definition) is 3. The normalized spacial score (nSPS) is 26.0. The highest BCUT2D eigenvalue weighted by molar-refractivity contribution is 5.82. The van der Waals surface area contributed by atoms with E-state index in [1.165, 1.54) is 0 Å². The molecule has 4 nitrogen and oxygen atoms in total. The summed E-state index contributed by atoms with van der Waals surface area (Å²) in [5.41, 5.74) is 0. The van der Waals surface area contributed by atoms with Crippen LogP contribution >= 0.6 is 0 Å². The summed E-state index contributed by atoms with van der Waals surface area (Å²) < 4.78 is 0. The van der Waals surface area contributed by atoms with Gasteiger partial charge in [-0.2, -0.15) is 0 Å². The van der Waals surface area contributed by atoms with Gasteiger partial charge in [-0.15, -0.1) is 0 Å². The molecule has 0 saturated heterocycles. The smallest absolute Gasteiger partial charge is 0.270 e. The lowest BCUT2D eigenvalue weighted by Crippen LogP contribution is -2.30. The molecule has 1 aliphatic carbocycles. The number of nitro groups is 1. The van der Waals surface area contributed by atoms with Gasteiger partial charge in [-0.1, -0.05) is 12.8 Å². The van der Waals surface area contributed by atoms with E-state index in [4.69, 9.17) is 0 Å². The third kappa shape index (κ3) is 2.29. The largest absolute Gasteiger partial charge is 0.292 e. The minimum Gasteiger partial charge on any atom is -0.292 e. The molecule has 0 bridgehead atoms. The fourth-order valence-corrected chi connectivity index (χ4v) is 1.54. The van der Waals surface area contributed by atoms with E-state index in [0.717, 1.165) is 25.7 Å². The van der Waals surface area contributed by atoms with Gasteiger partial charge in [-0.25, -0.2) is 0 Å². The number of rotatable bonds is 1. The number of hydrogen-bond donors (Lipinski definition) is 0. The molecule has 0 radical (unpaired) electrons. The summed E-state index contributed by atoms with van der Waals surface area (Å²) in [4.78, 5) is 21.1. The zero-order valence-electron chi connectivity index (χ0n) is 6.99. The summed E-state index contributed by atoms with van der Waals surface area (Å²) in [7, 11) is 0.